The van der Waals surface area contributed by atoms with Crippen LogP contribution in [0.15, 0.2) is 60.8 Å². The Bertz CT molecular complexity index is 949. The lowest BCUT2D eigenvalue weighted by atomic mass is 10.1. The van der Waals surface area contributed by atoms with Crippen molar-refractivity contribution in [3.05, 3.63) is 66.4 Å². The molecule has 1 unspecified atom stereocenters. The van der Waals surface area contributed by atoms with Crippen molar-refractivity contribution in [3.63, 3.8) is 0 Å². The molecule has 0 radical (unpaired) electrons. The number of likely N-dealkylation sites (tertiary alicyclic amines) is 1. The lowest BCUT2D eigenvalue weighted by Crippen LogP contribution is -2.28. The number of benzene rings is 2. The van der Waals surface area contributed by atoms with E-state index in [1.165, 1.54) is 0 Å². The number of nitrogens with zero attached hydrogens (tertiary/aromatic N) is 3. The van der Waals surface area contributed by atoms with Gasteiger partial charge in [-0.2, -0.15) is 5.10 Å². The van der Waals surface area contributed by atoms with Crippen LogP contribution in [0.25, 0.3) is 16.9 Å². The van der Waals surface area contributed by atoms with Crippen LogP contribution >= 0.6 is 0 Å². The van der Waals surface area contributed by atoms with Crippen LogP contribution in [0.4, 0.5) is 0 Å². The van der Waals surface area contributed by atoms with Crippen molar-refractivity contribution in [3.8, 4) is 22.7 Å². The Labute approximate surface area is 159 Å². The number of carbonyl (C=O) groups is 1. The van der Waals surface area contributed by atoms with Gasteiger partial charge < -0.3 is 9.64 Å². The average molecular weight is 361 g/mol. The maximum absolute atomic E-state index is 13.2. The molecule has 2 heterocycles. The fourth-order valence-electron chi connectivity index (χ4n) is 3.52. The molecule has 0 N–H and O–H groups in total. The molecule has 2 aromatic carbocycles. The molecule has 1 amide bonds. The van der Waals surface area contributed by atoms with Crippen molar-refractivity contribution in [1.82, 2.24) is 14.7 Å². The van der Waals surface area contributed by atoms with Gasteiger partial charge in [0.1, 0.15) is 11.4 Å². The summed E-state index contributed by atoms with van der Waals surface area (Å²) >= 11 is 0. The molecule has 27 heavy (non-hydrogen) atoms. The number of rotatable bonds is 4. The summed E-state index contributed by atoms with van der Waals surface area (Å²) in [7, 11) is 1.64. The first-order valence-electron chi connectivity index (χ1n) is 9.24. The molecule has 0 aliphatic carbocycles. The summed E-state index contributed by atoms with van der Waals surface area (Å²) in [5.74, 6) is 1.33. The van der Waals surface area contributed by atoms with E-state index in [1.54, 1.807) is 11.8 Å². The van der Waals surface area contributed by atoms with Crippen molar-refractivity contribution in [1.29, 1.82) is 0 Å². The maximum atomic E-state index is 13.2. The summed E-state index contributed by atoms with van der Waals surface area (Å²) in [6.45, 7) is 3.78. The molecular weight excluding hydrogens is 338 g/mol. The molecule has 0 saturated carbocycles. The van der Waals surface area contributed by atoms with E-state index in [4.69, 9.17) is 9.84 Å². The summed E-state index contributed by atoms with van der Waals surface area (Å²) in [4.78, 5) is 15.2. The number of ether oxygens (including phenoxy) is 1. The number of hydrogen-bond acceptors (Lipinski definition) is 3. The quantitative estimate of drug-likeness (QED) is 0.705. The molecule has 0 bridgehead atoms. The minimum atomic E-state index is 0.0411. The van der Waals surface area contributed by atoms with Gasteiger partial charge in [-0.15, -0.1) is 0 Å². The molecule has 4 rings (SSSR count). The number of para-hydroxylation sites is 1. The van der Waals surface area contributed by atoms with E-state index in [0.29, 0.717) is 17.2 Å². The molecule has 1 aliphatic rings. The highest BCUT2D eigenvalue weighted by Gasteiger charge is 2.28. The fraction of sp³-hybridized carbons (Fsp3) is 0.273. The van der Waals surface area contributed by atoms with Crippen molar-refractivity contribution in [2.45, 2.75) is 13.3 Å². The molecular formula is C22H23N3O2. The zero-order valence-corrected chi connectivity index (χ0v) is 15.6. The van der Waals surface area contributed by atoms with Crippen molar-refractivity contribution in [2.75, 3.05) is 20.2 Å². The van der Waals surface area contributed by atoms with E-state index < -0.39 is 0 Å². The molecule has 0 spiro atoms. The van der Waals surface area contributed by atoms with E-state index in [1.807, 2.05) is 65.7 Å². The van der Waals surface area contributed by atoms with Crippen molar-refractivity contribution < 1.29 is 9.53 Å². The van der Waals surface area contributed by atoms with E-state index in [-0.39, 0.29) is 5.91 Å². The number of amides is 1. The molecule has 1 aliphatic heterocycles. The van der Waals surface area contributed by atoms with Crippen LogP contribution in [0.3, 0.4) is 0 Å². The Morgan fingerprint density at radius 1 is 1.15 bits per heavy atom. The summed E-state index contributed by atoms with van der Waals surface area (Å²) < 4.78 is 7.13. The summed E-state index contributed by atoms with van der Waals surface area (Å²) in [6, 6.07) is 17.5. The predicted octanol–water partition coefficient (Wildman–Crippen LogP) is 4.03. The predicted molar refractivity (Wildman–Crippen MR) is 105 cm³/mol. The van der Waals surface area contributed by atoms with Crippen LogP contribution in [-0.4, -0.2) is 40.8 Å². The first-order valence-corrected chi connectivity index (χ1v) is 9.24. The molecule has 1 atom stereocenters. The van der Waals surface area contributed by atoms with Crippen molar-refractivity contribution in [2.24, 2.45) is 5.92 Å². The first-order chi connectivity index (χ1) is 13.2. The number of aromatic nitrogens is 2. The smallest absolute Gasteiger partial charge is 0.257 e. The molecule has 138 valence electrons. The van der Waals surface area contributed by atoms with Gasteiger partial charge in [0.05, 0.1) is 18.4 Å². The molecule has 5 heteroatoms. The second-order valence-electron chi connectivity index (χ2n) is 7.05. The molecule has 1 saturated heterocycles. The lowest BCUT2D eigenvalue weighted by Gasteiger charge is -2.15. The number of methoxy groups -OCH3 is 1. The zero-order valence-electron chi connectivity index (χ0n) is 15.6. The van der Waals surface area contributed by atoms with Gasteiger partial charge in [0, 0.05) is 24.8 Å². The van der Waals surface area contributed by atoms with Gasteiger partial charge in [-0.1, -0.05) is 37.3 Å². The largest absolute Gasteiger partial charge is 0.497 e. The Morgan fingerprint density at radius 2 is 1.96 bits per heavy atom. The molecule has 1 fully saturated rings. The highest BCUT2D eigenvalue weighted by atomic mass is 16.5. The van der Waals surface area contributed by atoms with E-state index >= 15 is 0 Å². The number of carbonyl (C=O) groups excluding carboxylic acids is 1. The fourth-order valence-corrected chi connectivity index (χ4v) is 3.52. The highest BCUT2D eigenvalue weighted by Crippen LogP contribution is 2.29. The molecule has 1 aromatic heterocycles. The van der Waals surface area contributed by atoms with Gasteiger partial charge in [-0.25, -0.2) is 4.68 Å². The topological polar surface area (TPSA) is 47.4 Å². The van der Waals surface area contributed by atoms with Crippen LogP contribution in [0, 0.1) is 5.92 Å². The highest BCUT2D eigenvalue weighted by molar-refractivity contribution is 6.00. The van der Waals surface area contributed by atoms with Crippen LogP contribution in [0.1, 0.15) is 23.7 Å². The first kappa shape index (κ1) is 17.3. The Kier molecular flexibility index (Phi) is 4.67. The number of hydrogen-bond donors (Lipinski definition) is 0. The van der Waals surface area contributed by atoms with Crippen LogP contribution < -0.4 is 4.74 Å². The lowest BCUT2D eigenvalue weighted by molar-refractivity contribution is 0.0789. The Balaban J connectivity index is 1.80. The second-order valence-corrected chi connectivity index (χ2v) is 7.05. The summed E-state index contributed by atoms with van der Waals surface area (Å²) in [5.41, 5.74) is 3.11. The van der Waals surface area contributed by atoms with Crippen LogP contribution in [0.2, 0.25) is 0 Å². The van der Waals surface area contributed by atoms with Crippen molar-refractivity contribution >= 4 is 5.91 Å². The monoisotopic (exact) mass is 361 g/mol. The minimum Gasteiger partial charge on any atom is -0.497 e. The van der Waals surface area contributed by atoms with Gasteiger partial charge in [0.15, 0.2) is 0 Å². The van der Waals surface area contributed by atoms with Crippen LogP contribution in [-0.2, 0) is 0 Å². The average Bonchev–Trinajstić information content (AvgIpc) is 3.35. The van der Waals surface area contributed by atoms with E-state index in [9.17, 15) is 4.79 Å². The summed E-state index contributed by atoms with van der Waals surface area (Å²) in [6.07, 6.45) is 2.89. The van der Waals surface area contributed by atoms with Gasteiger partial charge in [-0.3, -0.25) is 4.79 Å². The molecule has 5 nitrogen and oxygen atoms in total. The van der Waals surface area contributed by atoms with Gasteiger partial charge >= 0.3 is 0 Å². The minimum absolute atomic E-state index is 0.0411. The van der Waals surface area contributed by atoms with Crippen LogP contribution in [0.5, 0.6) is 5.75 Å². The van der Waals surface area contributed by atoms with Gasteiger partial charge in [0.2, 0.25) is 0 Å². The third-order valence-electron chi connectivity index (χ3n) is 5.02. The Morgan fingerprint density at radius 3 is 2.67 bits per heavy atom. The Hall–Kier alpha value is -3.08. The zero-order chi connectivity index (χ0) is 18.8. The SMILES string of the molecule is COc1cccc(-c2nn(-c3ccccc3)cc2C(=O)N2CCC(C)C2)c1. The van der Waals surface area contributed by atoms with E-state index in [2.05, 4.69) is 6.92 Å². The summed E-state index contributed by atoms with van der Waals surface area (Å²) in [5, 5.41) is 4.75. The third kappa shape index (κ3) is 3.45. The maximum Gasteiger partial charge on any atom is 0.257 e. The van der Waals surface area contributed by atoms with E-state index in [0.717, 1.165) is 36.5 Å². The van der Waals surface area contributed by atoms with Gasteiger partial charge in [0.25, 0.3) is 5.91 Å². The van der Waals surface area contributed by atoms with Gasteiger partial charge in [-0.05, 0) is 36.6 Å². The normalized spacial score (nSPS) is 16.5. The molecule has 3 aromatic rings. The third-order valence-corrected chi connectivity index (χ3v) is 5.02. The second kappa shape index (κ2) is 7.27. The standard InChI is InChI=1S/C22H23N3O2/c1-16-11-12-24(14-16)22(26)20-15-25(18-8-4-3-5-9-18)23-21(20)17-7-6-10-19(13-17)27-2/h3-10,13,15-16H,11-12,14H2,1-2H3.